The van der Waals surface area contributed by atoms with Crippen LogP contribution in [0.3, 0.4) is 0 Å². The number of carboxylic acids is 1. The predicted molar refractivity (Wildman–Crippen MR) is 59.1 cm³/mol. The van der Waals surface area contributed by atoms with Crippen LogP contribution in [0.5, 0.6) is 0 Å². The zero-order valence-electron chi connectivity index (χ0n) is 8.90. The lowest BCUT2D eigenvalue weighted by molar-refractivity contribution is -0.141. The molecule has 6 heteroatoms. The van der Waals surface area contributed by atoms with Crippen molar-refractivity contribution >= 4 is 23.8 Å². The molecule has 1 atom stereocenters. The maximum atomic E-state index is 11.7. The highest BCUT2D eigenvalue weighted by Crippen LogP contribution is 2.16. The van der Waals surface area contributed by atoms with Gasteiger partial charge < -0.3 is 15.3 Å². The number of carboxylic acid groups (broad SMARTS) is 1. The Hall–Kier alpha value is -0.910. The Morgan fingerprint density at radius 3 is 2.73 bits per heavy atom. The zero-order valence-corrected chi connectivity index (χ0v) is 9.71. The van der Waals surface area contributed by atoms with Gasteiger partial charge in [-0.25, -0.2) is 9.59 Å². The van der Waals surface area contributed by atoms with Crippen molar-refractivity contribution in [3.8, 4) is 0 Å². The Balaban J connectivity index is 2.63. The number of amides is 2. The Kier molecular flexibility index (Phi) is 4.26. The number of hydrogen-bond acceptors (Lipinski definition) is 3. The standard InChI is InChI=1S/C9H16N2O3S/c1-6(2)10-9(14)11-3-4-15-5-7(11)8(12)13/h6-7H,3-5H2,1-2H3,(H,10,14)(H,12,13). The molecule has 15 heavy (non-hydrogen) atoms. The number of urea groups is 1. The van der Waals surface area contributed by atoms with E-state index in [0.717, 1.165) is 5.75 Å². The van der Waals surface area contributed by atoms with Crippen LogP contribution in [-0.2, 0) is 4.79 Å². The predicted octanol–water partition coefficient (Wildman–Crippen LogP) is 0.606. The summed E-state index contributed by atoms with van der Waals surface area (Å²) in [6.07, 6.45) is 0. The van der Waals surface area contributed by atoms with Gasteiger partial charge in [0, 0.05) is 24.1 Å². The minimum atomic E-state index is -0.930. The van der Waals surface area contributed by atoms with Crippen LogP contribution < -0.4 is 5.32 Å². The van der Waals surface area contributed by atoms with E-state index in [1.165, 1.54) is 4.90 Å². The second-order valence-electron chi connectivity index (χ2n) is 3.73. The van der Waals surface area contributed by atoms with E-state index in [4.69, 9.17) is 5.11 Å². The van der Waals surface area contributed by atoms with Crippen molar-refractivity contribution in [2.45, 2.75) is 25.9 Å². The third kappa shape index (κ3) is 3.30. The largest absolute Gasteiger partial charge is 0.480 e. The second-order valence-corrected chi connectivity index (χ2v) is 4.88. The lowest BCUT2D eigenvalue weighted by atomic mass is 10.3. The average molecular weight is 232 g/mol. The molecule has 0 aromatic carbocycles. The average Bonchev–Trinajstić information content (AvgIpc) is 2.16. The van der Waals surface area contributed by atoms with E-state index in [0.29, 0.717) is 12.3 Å². The number of rotatable bonds is 2. The smallest absolute Gasteiger partial charge is 0.327 e. The monoisotopic (exact) mass is 232 g/mol. The van der Waals surface area contributed by atoms with Gasteiger partial charge in [-0.1, -0.05) is 0 Å². The molecule has 0 spiro atoms. The summed E-state index contributed by atoms with van der Waals surface area (Å²) < 4.78 is 0. The molecule has 0 aromatic rings. The van der Waals surface area contributed by atoms with Gasteiger partial charge in [0.2, 0.25) is 0 Å². The summed E-state index contributed by atoms with van der Waals surface area (Å²) in [6, 6.07) is -0.943. The van der Waals surface area contributed by atoms with Gasteiger partial charge in [-0.3, -0.25) is 0 Å². The van der Waals surface area contributed by atoms with Crippen molar-refractivity contribution in [1.82, 2.24) is 10.2 Å². The summed E-state index contributed by atoms with van der Waals surface area (Å²) >= 11 is 1.57. The Bertz CT molecular complexity index is 258. The van der Waals surface area contributed by atoms with Crippen molar-refractivity contribution in [1.29, 1.82) is 0 Å². The number of thioether (sulfide) groups is 1. The molecule has 2 amide bonds. The molecule has 1 aliphatic rings. The molecule has 1 unspecified atom stereocenters. The van der Waals surface area contributed by atoms with Crippen molar-refractivity contribution in [2.75, 3.05) is 18.1 Å². The van der Waals surface area contributed by atoms with Gasteiger partial charge in [0.15, 0.2) is 0 Å². The summed E-state index contributed by atoms with van der Waals surface area (Å²) in [7, 11) is 0. The molecule has 1 rings (SSSR count). The first-order valence-corrected chi connectivity index (χ1v) is 6.05. The van der Waals surface area contributed by atoms with E-state index in [2.05, 4.69) is 5.32 Å². The number of nitrogens with zero attached hydrogens (tertiary/aromatic N) is 1. The fraction of sp³-hybridized carbons (Fsp3) is 0.778. The molecule has 0 aromatic heterocycles. The topological polar surface area (TPSA) is 69.6 Å². The molecule has 2 N–H and O–H groups in total. The van der Waals surface area contributed by atoms with Crippen LogP contribution in [0.2, 0.25) is 0 Å². The van der Waals surface area contributed by atoms with Crippen LogP contribution in [0.25, 0.3) is 0 Å². The maximum absolute atomic E-state index is 11.7. The molecule has 0 bridgehead atoms. The highest BCUT2D eigenvalue weighted by molar-refractivity contribution is 7.99. The Labute approximate surface area is 93.2 Å². The molecule has 5 nitrogen and oxygen atoms in total. The Morgan fingerprint density at radius 1 is 1.53 bits per heavy atom. The summed E-state index contributed by atoms with van der Waals surface area (Å²) in [4.78, 5) is 24.0. The quantitative estimate of drug-likeness (QED) is 0.731. The van der Waals surface area contributed by atoms with Crippen LogP contribution in [0.1, 0.15) is 13.8 Å². The molecule has 0 radical (unpaired) electrons. The fourth-order valence-electron chi connectivity index (χ4n) is 1.38. The summed E-state index contributed by atoms with van der Waals surface area (Å²) in [5.74, 6) is 0.344. The maximum Gasteiger partial charge on any atom is 0.327 e. The number of carbonyl (C=O) groups is 2. The van der Waals surface area contributed by atoms with Gasteiger partial charge in [-0.15, -0.1) is 0 Å². The number of aliphatic carboxylic acids is 1. The van der Waals surface area contributed by atoms with Crippen LogP contribution in [0, 0.1) is 0 Å². The molecule has 86 valence electrons. The number of nitrogens with one attached hydrogen (secondary N) is 1. The minimum Gasteiger partial charge on any atom is -0.480 e. The molecular weight excluding hydrogens is 216 g/mol. The first-order chi connectivity index (χ1) is 7.02. The van der Waals surface area contributed by atoms with Crippen molar-refractivity contribution in [2.24, 2.45) is 0 Å². The van der Waals surface area contributed by atoms with Crippen molar-refractivity contribution in [3.63, 3.8) is 0 Å². The molecule has 0 saturated carbocycles. The van der Waals surface area contributed by atoms with E-state index in [1.807, 2.05) is 13.8 Å². The Morgan fingerprint density at radius 2 is 2.20 bits per heavy atom. The third-order valence-corrected chi connectivity index (χ3v) is 3.11. The third-order valence-electron chi connectivity index (χ3n) is 2.09. The highest BCUT2D eigenvalue weighted by atomic mass is 32.2. The lowest BCUT2D eigenvalue weighted by Crippen LogP contribution is -2.54. The second kappa shape index (κ2) is 5.25. The van der Waals surface area contributed by atoms with Crippen LogP contribution in [-0.4, -0.2) is 52.1 Å². The van der Waals surface area contributed by atoms with Crippen molar-refractivity contribution in [3.05, 3.63) is 0 Å². The van der Waals surface area contributed by atoms with Crippen LogP contribution in [0.4, 0.5) is 4.79 Å². The first kappa shape index (κ1) is 12.2. The van der Waals surface area contributed by atoms with E-state index in [1.54, 1.807) is 11.8 Å². The lowest BCUT2D eigenvalue weighted by Gasteiger charge is -2.33. The van der Waals surface area contributed by atoms with Gasteiger partial charge in [-0.05, 0) is 13.8 Å². The molecular formula is C9H16N2O3S. The first-order valence-electron chi connectivity index (χ1n) is 4.90. The van der Waals surface area contributed by atoms with Gasteiger partial charge >= 0.3 is 12.0 Å². The minimum absolute atomic E-state index is 0.0292. The number of carbonyl (C=O) groups excluding carboxylic acids is 1. The van der Waals surface area contributed by atoms with E-state index < -0.39 is 12.0 Å². The summed E-state index contributed by atoms with van der Waals surface area (Å²) in [5, 5.41) is 11.7. The molecule has 1 aliphatic heterocycles. The summed E-state index contributed by atoms with van der Waals surface area (Å²) in [6.45, 7) is 4.21. The summed E-state index contributed by atoms with van der Waals surface area (Å²) in [5.41, 5.74) is 0. The normalized spacial score (nSPS) is 21.5. The SMILES string of the molecule is CC(C)NC(=O)N1CCSCC1C(=O)O. The molecule has 1 saturated heterocycles. The van der Waals surface area contributed by atoms with Crippen molar-refractivity contribution < 1.29 is 14.7 Å². The van der Waals surface area contributed by atoms with Gasteiger partial charge in [0.05, 0.1) is 0 Å². The fourth-order valence-corrected chi connectivity index (χ4v) is 2.42. The van der Waals surface area contributed by atoms with Gasteiger partial charge in [-0.2, -0.15) is 11.8 Å². The van der Waals surface area contributed by atoms with E-state index in [-0.39, 0.29) is 12.1 Å². The van der Waals surface area contributed by atoms with Gasteiger partial charge in [0.1, 0.15) is 6.04 Å². The molecule has 1 heterocycles. The van der Waals surface area contributed by atoms with Gasteiger partial charge in [0.25, 0.3) is 0 Å². The molecule has 1 fully saturated rings. The molecule has 0 aliphatic carbocycles. The van der Waals surface area contributed by atoms with Crippen LogP contribution in [0.15, 0.2) is 0 Å². The zero-order chi connectivity index (χ0) is 11.4. The number of hydrogen-bond donors (Lipinski definition) is 2. The van der Waals surface area contributed by atoms with Crippen LogP contribution >= 0.6 is 11.8 Å². The van der Waals surface area contributed by atoms with E-state index >= 15 is 0 Å². The highest BCUT2D eigenvalue weighted by Gasteiger charge is 2.32. The van der Waals surface area contributed by atoms with E-state index in [9.17, 15) is 9.59 Å².